The summed E-state index contributed by atoms with van der Waals surface area (Å²) >= 11 is 3.64. The van der Waals surface area contributed by atoms with Gasteiger partial charge in [0.15, 0.2) is 0 Å². The third-order valence-corrected chi connectivity index (χ3v) is 8.68. The number of hydrogen-bond acceptors (Lipinski definition) is 4. The molecule has 0 bridgehead atoms. The van der Waals surface area contributed by atoms with Crippen LogP contribution in [-0.4, -0.2) is 22.2 Å². The number of aliphatic hydroxyl groups is 1. The van der Waals surface area contributed by atoms with Crippen molar-refractivity contribution < 1.29 is 15.0 Å². The van der Waals surface area contributed by atoms with Crippen LogP contribution in [0.5, 0.6) is 5.75 Å². The van der Waals surface area contributed by atoms with E-state index in [1.807, 2.05) is 59.6 Å². The van der Waals surface area contributed by atoms with Crippen molar-refractivity contribution in [3.8, 4) is 5.75 Å². The number of nitrogens with zero attached hydrogens (tertiary/aromatic N) is 1. The topological polar surface area (TPSA) is 72.8 Å². The Hall–Kier alpha value is -4.65. The van der Waals surface area contributed by atoms with E-state index >= 15 is 0 Å². The minimum Gasteiger partial charge on any atom is -0.508 e. The summed E-state index contributed by atoms with van der Waals surface area (Å²) < 4.78 is 1.01. The number of nitrogens with one attached hydrogen (secondary N) is 1. The normalized spacial score (nSPS) is 15.6. The van der Waals surface area contributed by atoms with Gasteiger partial charge in [0.1, 0.15) is 5.75 Å². The second kappa shape index (κ2) is 12.8. The highest BCUT2D eigenvalue weighted by molar-refractivity contribution is 9.10. The quantitative estimate of drug-likeness (QED) is 0.177. The second-order valence-corrected chi connectivity index (χ2v) is 12.5. The van der Waals surface area contributed by atoms with Gasteiger partial charge in [-0.3, -0.25) is 15.2 Å². The molecule has 45 heavy (non-hydrogen) atoms. The predicted octanol–water partition coefficient (Wildman–Crippen LogP) is 9.19. The van der Waals surface area contributed by atoms with Crippen molar-refractivity contribution in [3.63, 3.8) is 0 Å². The maximum atomic E-state index is 13.7. The standard InChI is InChI=1S/C36H27BrN2O2.C3H8O/c1-22-9-5-7-13-27(22)34-32-29-18-17-26(37)21-25(29)15-19-30(32)39(38-36(41)24-11-3-2-4-12-24)35(34)33-28-14-8-6-10-23(28)16-20-31(33)40;1-3(2)4/h2-21,34-35,40H,1H3,(H,38,41);3-4H,1-2H3/t34-,35+;/m0./s1. The Morgan fingerprint density at radius 2 is 1.42 bits per heavy atom. The third kappa shape index (κ3) is 5.91. The molecule has 1 heterocycles. The maximum Gasteiger partial charge on any atom is 0.269 e. The molecule has 6 aromatic rings. The van der Waals surface area contributed by atoms with Gasteiger partial charge in [-0.05, 0) is 95.4 Å². The lowest BCUT2D eigenvalue weighted by molar-refractivity contribution is 0.0944. The Kier molecular flexibility index (Phi) is 8.61. The fourth-order valence-electron chi connectivity index (χ4n) is 6.35. The lowest BCUT2D eigenvalue weighted by Gasteiger charge is -2.33. The molecular weight excluding hydrogens is 624 g/mol. The van der Waals surface area contributed by atoms with E-state index < -0.39 is 6.04 Å². The smallest absolute Gasteiger partial charge is 0.269 e. The highest BCUT2D eigenvalue weighted by Gasteiger charge is 2.44. The number of phenols is 1. The number of rotatable bonds is 4. The fourth-order valence-corrected chi connectivity index (χ4v) is 6.73. The number of hydrogen-bond donors (Lipinski definition) is 3. The maximum absolute atomic E-state index is 13.7. The van der Waals surface area contributed by atoms with Gasteiger partial charge in [-0.25, -0.2) is 0 Å². The number of carbonyl (C=O) groups is 1. The number of phenolic OH excluding ortho intramolecular Hbond substituents is 1. The third-order valence-electron chi connectivity index (χ3n) is 8.19. The number of anilines is 1. The van der Waals surface area contributed by atoms with Gasteiger partial charge in [0.05, 0.1) is 11.7 Å². The van der Waals surface area contributed by atoms with Gasteiger partial charge in [-0.2, -0.15) is 0 Å². The summed E-state index contributed by atoms with van der Waals surface area (Å²) in [5.74, 6) is -0.183. The van der Waals surface area contributed by atoms with Gasteiger partial charge in [-0.1, -0.05) is 101 Å². The van der Waals surface area contributed by atoms with Crippen LogP contribution in [0.1, 0.15) is 58.4 Å². The second-order valence-electron chi connectivity index (χ2n) is 11.6. The van der Waals surface area contributed by atoms with Crippen molar-refractivity contribution in [2.24, 2.45) is 0 Å². The zero-order valence-electron chi connectivity index (χ0n) is 25.4. The van der Waals surface area contributed by atoms with E-state index in [2.05, 4.69) is 88.9 Å². The lowest BCUT2D eigenvalue weighted by atomic mass is 9.79. The number of aryl methyl sites for hydroxylation is 1. The van der Waals surface area contributed by atoms with Crippen molar-refractivity contribution in [2.45, 2.75) is 38.8 Å². The summed E-state index contributed by atoms with van der Waals surface area (Å²) in [5.41, 5.74) is 8.95. The first-order chi connectivity index (χ1) is 21.7. The molecule has 5 nitrogen and oxygen atoms in total. The summed E-state index contributed by atoms with van der Waals surface area (Å²) in [6.07, 6.45) is -0.167. The highest BCUT2D eigenvalue weighted by atomic mass is 79.9. The zero-order valence-corrected chi connectivity index (χ0v) is 27.0. The van der Waals surface area contributed by atoms with Crippen molar-refractivity contribution in [1.82, 2.24) is 5.43 Å². The van der Waals surface area contributed by atoms with E-state index in [-0.39, 0.29) is 23.7 Å². The average Bonchev–Trinajstić information content (AvgIpc) is 3.34. The van der Waals surface area contributed by atoms with Crippen molar-refractivity contribution in [3.05, 3.63) is 154 Å². The molecule has 0 unspecified atom stereocenters. The first-order valence-corrected chi connectivity index (χ1v) is 15.9. The molecule has 2 atom stereocenters. The lowest BCUT2D eigenvalue weighted by Crippen LogP contribution is -2.43. The van der Waals surface area contributed by atoms with E-state index in [9.17, 15) is 9.90 Å². The fraction of sp³-hybridized carbons (Fsp3) is 0.154. The molecule has 0 aliphatic carbocycles. The minimum absolute atomic E-state index is 0.167. The average molecular weight is 660 g/mol. The molecule has 3 N–H and O–H groups in total. The van der Waals surface area contributed by atoms with Crippen LogP contribution in [0.15, 0.2) is 126 Å². The number of amides is 1. The SMILES string of the molecule is CC(C)O.Cc1ccccc1[C@H]1c2c(ccc3cc(Br)ccc23)N(NC(=O)c2ccccc2)[C@@H]1c1c(O)ccc2ccccc12. The number of carbonyl (C=O) groups excluding carboxylic acids is 1. The number of aromatic hydroxyl groups is 1. The summed E-state index contributed by atoms with van der Waals surface area (Å²) in [6.45, 7) is 5.57. The van der Waals surface area contributed by atoms with E-state index in [0.29, 0.717) is 5.56 Å². The number of fused-ring (bicyclic) bond motifs is 4. The van der Waals surface area contributed by atoms with Crippen LogP contribution in [0.25, 0.3) is 21.5 Å². The van der Waals surface area contributed by atoms with E-state index in [0.717, 1.165) is 54.0 Å². The Morgan fingerprint density at radius 3 is 2.18 bits per heavy atom. The Balaban J connectivity index is 0.000000845. The highest BCUT2D eigenvalue weighted by Crippen LogP contribution is 2.56. The molecule has 0 saturated heterocycles. The number of hydrazine groups is 1. The summed E-state index contributed by atoms with van der Waals surface area (Å²) in [4.78, 5) is 13.7. The van der Waals surface area contributed by atoms with E-state index in [1.54, 1.807) is 19.9 Å². The van der Waals surface area contributed by atoms with Crippen molar-refractivity contribution >= 4 is 49.1 Å². The van der Waals surface area contributed by atoms with Crippen LogP contribution < -0.4 is 10.4 Å². The van der Waals surface area contributed by atoms with Crippen LogP contribution in [0.3, 0.4) is 0 Å². The van der Waals surface area contributed by atoms with Crippen LogP contribution in [0.2, 0.25) is 0 Å². The summed E-state index contributed by atoms with van der Waals surface area (Å²) in [6, 6.07) is 39.6. The first-order valence-electron chi connectivity index (χ1n) is 15.1. The number of halogens is 1. The number of benzene rings is 6. The number of aliphatic hydroxyl groups excluding tert-OH is 1. The first kappa shape index (κ1) is 30.4. The summed E-state index contributed by atoms with van der Waals surface area (Å²) in [5, 5.41) is 25.8. The van der Waals surface area contributed by atoms with Crippen LogP contribution >= 0.6 is 15.9 Å². The van der Waals surface area contributed by atoms with Crippen LogP contribution in [0.4, 0.5) is 5.69 Å². The molecule has 1 amide bonds. The molecule has 1 aliphatic rings. The van der Waals surface area contributed by atoms with Gasteiger partial charge in [0.2, 0.25) is 0 Å². The Bertz CT molecular complexity index is 2010. The molecule has 0 spiro atoms. The van der Waals surface area contributed by atoms with Gasteiger partial charge in [-0.15, -0.1) is 0 Å². The van der Waals surface area contributed by atoms with Gasteiger partial charge in [0.25, 0.3) is 5.91 Å². The minimum atomic E-state index is -0.417. The Morgan fingerprint density at radius 1 is 0.778 bits per heavy atom. The predicted molar refractivity (Wildman–Crippen MR) is 187 cm³/mol. The van der Waals surface area contributed by atoms with E-state index in [4.69, 9.17) is 5.11 Å². The van der Waals surface area contributed by atoms with Crippen LogP contribution in [-0.2, 0) is 0 Å². The largest absolute Gasteiger partial charge is 0.508 e. The molecule has 0 fully saturated rings. The van der Waals surface area contributed by atoms with Crippen molar-refractivity contribution in [1.29, 1.82) is 0 Å². The monoisotopic (exact) mass is 658 g/mol. The molecule has 6 aromatic carbocycles. The van der Waals surface area contributed by atoms with Crippen molar-refractivity contribution in [2.75, 3.05) is 5.01 Å². The molecule has 7 rings (SSSR count). The van der Waals surface area contributed by atoms with E-state index in [1.165, 1.54) is 0 Å². The molecule has 6 heteroatoms. The zero-order chi connectivity index (χ0) is 31.7. The summed E-state index contributed by atoms with van der Waals surface area (Å²) in [7, 11) is 0. The molecule has 226 valence electrons. The van der Waals surface area contributed by atoms with Gasteiger partial charge in [0, 0.05) is 27.6 Å². The Labute approximate surface area is 271 Å². The van der Waals surface area contributed by atoms with Gasteiger partial charge < -0.3 is 10.2 Å². The molecular formula is C39H35BrN2O3. The molecule has 0 radical (unpaired) electrons. The molecule has 0 aromatic heterocycles. The van der Waals surface area contributed by atoms with Gasteiger partial charge >= 0.3 is 0 Å². The van der Waals surface area contributed by atoms with Crippen LogP contribution in [0, 0.1) is 6.92 Å². The molecule has 0 saturated carbocycles. The molecule has 1 aliphatic heterocycles.